The number of piperidine rings is 1. The van der Waals surface area contributed by atoms with E-state index in [0.717, 1.165) is 19.0 Å². The third-order valence-electron chi connectivity index (χ3n) is 5.09. The third-order valence-corrected chi connectivity index (χ3v) is 5.31. The Morgan fingerprint density at radius 1 is 1.41 bits per heavy atom. The standard InChI is InChI=1S/C19H19ClFN5O3/c1-10-3-4-11(18-24-17(25-29-18)15-5-12(20)7-22-15)9-26(10)19(27)13-6-16(28-2)23-8-14(13)21/h5-8,10-11,22H,3-4,9H2,1-2H3/t10-,11+/m1/s1. The predicted molar refractivity (Wildman–Crippen MR) is 102 cm³/mol. The van der Waals surface area contributed by atoms with Crippen molar-refractivity contribution < 1.29 is 18.4 Å². The van der Waals surface area contributed by atoms with Gasteiger partial charge in [-0.05, 0) is 25.8 Å². The van der Waals surface area contributed by atoms with Crippen molar-refractivity contribution >= 4 is 17.5 Å². The molecule has 3 aromatic heterocycles. The number of likely N-dealkylation sites (tertiary alicyclic amines) is 1. The summed E-state index contributed by atoms with van der Waals surface area (Å²) >= 11 is 5.92. The molecule has 4 heterocycles. The monoisotopic (exact) mass is 419 g/mol. The minimum absolute atomic E-state index is 0.0538. The first kappa shape index (κ1) is 19.4. The Labute approximate surface area is 171 Å². The fourth-order valence-corrected chi connectivity index (χ4v) is 3.61. The molecule has 1 saturated heterocycles. The van der Waals surface area contributed by atoms with E-state index in [2.05, 4.69) is 20.1 Å². The quantitative estimate of drug-likeness (QED) is 0.693. The number of rotatable bonds is 4. The van der Waals surface area contributed by atoms with E-state index < -0.39 is 11.7 Å². The lowest BCUT2D eigenvalue weighted by molar-refractivity contribution is 0.0588. The lowest BCUT2D eigenvalue weighted by Gasteiger charge is -2.36. The molecule has 0 bridgehead atoms. The molecule has 152 valence electrons. The van der Waals surface area contributed by atoms with Crippen LogP contribution in [0.5, 0.6) is 5.88 Å². The average molecular weight is 420 g/mol. The maximum Gasteiger partial charge on any atom is 0.257 e. The minimum Gasteiger partial charge on any atom is -0.481 e. The number of halogens is 2. The molecule has 2 atom stereocenters. The zero-order valence-corrected chi connectivity index (χ0v) is 16.6. The number of nitrogens with one attached hydrogen (secondary N) is 1. The highest BCUT2D eigenvalue weighted by Gasteiger charge is 2.34. The Bertz CT molecular complexity index is 1040. The van der Waals surface area contributed by atoms with Crippen LogP contribution in [0.1, 0.15) is 41.9 Å². The van der Waals surface area contributed by atoms with E-state index >= 15 is 0 Å². The van der Waals surface area contributed by atoms with Crippen molar-refractivity contribution in [3.63, 3.8) is 0 Å². The van der Waals surface area contributed by atoms with Crippen LogP contribution in [0.3, 0.4) is 0 Å². The summed E-state index contributed by atoms with van der Waals surface area (Å²) < 4.78 is 24.7. The molecule has 1 fully saturated rings. The molecule has 0 saturated carbocycles. The number of hydrogen-bond acceptors (Lipinski definition) is 6. The van der Waals surface area contributed by atoms with Gasteiger partial charge < -0.3 is 19.1 Å². The van der Waals surface area contributed by atoms with Gasteiger partial charge in [0.25, 0.3) is 5.91 Å². The summed E-state index contributed by atoms with van der Waals surface area (Å²) in [5, 5.41) is 4.54. The maximum absolute atomic E-state index is 14.2. The van der Waals surface area contributed by atoms with Gasteiger partial charge in [0.1, 0.15) is 0 Å². The van der Waals surface area contributed by atoms with Crippen molar-refractivity contribution in [1.29, 1.82) is 0 Å². The van der Waals surface area contributed by atoms with Crippen LogP contribution in [0.25, 0.3) is 11.5 Å². The summed E-state index contributed by atoms with van der Waals surface area (Å²) in [7, 11) is 1.42. The van der Waals surface area contributed by atoms with E-state index in [0.29, 0.717) is 29.0 Å². The molecule has 1 N–H and O–H groups in total. The topological polar surface area (TPSA) is 97.1 Å². The zero-order valence-electron chi connectivity index (χ0n) is 15.9. The van der Waals surface area contributed by atoms with Gasteiger partial charge in [0, 0.05) is 24.8 Å². The van der Waals surface area contributed by atoms with E-state index in [4.69, 9.17) is 20.9 Å². The van der Waals surface area contributed by atoms with Crippen molar-refractivity contribution in [2.24, 2.45) is 0 Å². The van der Waals surface area contributed by atoms with Gasteiger partial charge in [0.15, 0.2) is 5.82 Å². The first-order chi connectivity index (χ1) is 14.0. The van der Waals surface area contributed by atoms with Gasteiger partial charge in [-0.2, -0.15) is 4.98 Å². The Balaban J connectivity index is 1.56. The van der Waals surface area contributed by atoms with Crippen molar-refractivity contribution in [2.45, 2.75) is 31.7 Å². The van der Waals surface area contributed by atoms with Gasteiger partial charge in [-0.1, -0.05) is 16.8 Å². The number of aromatic amines is 1. The Morgan fingerprint density at radius 2 is 2.24 bits per heavy atom. The molecule has 1 aliphatic heterocycles. The normalized spacial score (nSPS) is 19.4. The molecule has 0 radical (unpaired) electrons. The summed E-state index contributed by atoms with van der Waals surface area (Å²) in [6.07, 6.45) is 4.13. The number of hydrogen-bond donors (Lipinski definition) is 1. The number of pyridine rings is 1. The largest absolute Gasteiger partial charge is 0.481 e. The van der Waals surface area contributed by atoms with Gasteiger partial charge >= 0.3 is 0 Å². The molecule has 1 amide bonds. The van der Waals surface area contributed by atoms with Crippen LogP contribution in [0.15, 0.2) is 29.0 Å². The number of aromatic nitrogens is 4. The maximum atomic E-state index is 14.2. The summed E-state index contributed by atoms with van der Waals surface area (Å²) in [5.41, 5.74) is 0.574. The first-order valence-corrected chi connectivity index (χ1v) is 9.52. The van der Waals surface area contributed by atoms with Gasteiger partial charge in [0.05, 0.1) is 35.5 Å². The molecule has 0 aliphatic carbocycles. The highest BCUT2D eigenvalue weighted by Crippen LogP contribution is 2.32. The third kappa shape index (κ3) is 3.82. The second kappa shape index (κ2) is 7.82. The zero-order chi connectivity index (χ0) is 20.5. The van der Waals surface area contributed by atoms with Crippen LogP contribution < -0.4 is 4.74 Å². The SMILES string of the molecule is COc1cc(C(=O)N2C[C@@H](c3nc(-c4cc(Cl)c[nH]4)no3)CC[C@H]2C)c(F)cn1. The number of carbonyl (C=O) groups is 1. The molecule has 0 spiro atoms. The highest BCUT2D eigenvalue weighted by atomic mass is 35.5. The van der Waals surface area contributed by atoms with Crippen LogP contribution in [0.4, 0.5) is 4.39 Å². The second-order valence-corrected chi connectivity index (χ2v) is 7.41. The van der Waals surface area contributed by atoms with Crippen molar-refractivity contribution in [3.05, 3.63) is 46.8 Å². The molecule has 1 aliphatic rings. The predicted octanol–water partition coefficient (Wildman–Crippen LogP) is 3.67. The van der Waals surface area contributed by atoms with E-state index in [1.807, 2.05) is 6.92 Å². The van der Waals surface area contributed by atoms with E-state index in [9.17, 15) is 9.18 Å². The van der Waals surface area contributed by atoms with Crippen molar-refractivity contribution in [3.8, 4) is 17.4 Å². The van der Waals surface area contributed by atoms with Crippen molar-refractivity contribution in [2.75, 3.05) is 13.7 Å². The van der Waals surface area contributed by atoms with Gasteiger partial charge in [-0.3, -0.25) is 4.79 Å². The second-order valence-electron chi connectivity index (χ2n) is 6.98. The van der Waals surface area contributed by atoms with E-state index in [-0.39, 0.29) is 23.4 Å². The van der Waals surface area contributed by atoms with Gasteiger partial charge in [0.2, 0.25) is 17.6 Å². The van der Waals surface area contributed by atoms with Gasteiger partial charge in [-0.15, -0.1) is 0 Å². The van der Waals surface area contributed by atoms with Crippen molar-refractivity contribution in [1.82, 2.24) is 25.0 Å². The van der Waals surface area contributed by atoms with Gasteiger partial charge in [-0.25, -0.2) is 9.37 Å². The number of H-pyrrole nitrogens is 1. The molecular formula is C19H19ClFN5O3. The molecule has 0 unspecified atom stereocenters. The summed E-state index contributed by atoms with van der Waals surface area (Å²) in [6.45, 7) is 2.28. The minimum atomic E-state index is -0.686. The molecule has 8 nitrogen and oxygen atoms in total. The fourth-order valence-electron chi connectivity index (χ4n) is 3.45. The Kier molecular flexibility index (Phi) is 5.23. The lowest BCUT2D eigenvalue weighted by Crippen LogP contribution is -2.45. The van der Waals surface area contributed by atoms with Crippen LogP contribution in [-0.4, -0.2) is 50.6 Å². The van der Waals surface area contributed by atoms with Crippen LogP contribution in [0.2, 0.25) is 5.02 Å². The molecule has 0 aromatic carbocycles. The number of carbonyl (C=O) groups excluding carboxylic acids is 1. The first-order valence-electron chi connectivity index (χ1n) is 9.14. The van der Waals surface area contributed by atoms with Crippen LogP contribution in [-0.2, 0) is 0 Å². The molecular weight excluding hydrogens is 401 g/mol. The Hall–Kier alpha value is -2.94. The number of amides is 1. The summed E-state index contributed by atoms with van der Waals surface area (Å²) in [6, 6.07) is 2.96. The van der Waals surface area contributed by atoms with Crippen LogP contribution in [0, 0.1) is 5.82 Å². The summed E-state index contributed by atoms with van der Waals surface area (Å²) in [5.74, 6) is -0.239. The average Bonchev–Trinajstić information content (AvgIpc) is 3.37. The molecule has 4 rings (SSSR count). The smallest absolute Gasteiger partial charge is 0.257 e. The number of ether oxygens (including phenoxy) is 1. The fraction of sp³-hybridized carbons (Fsp3) is 0.368. The number of methoxy groups -OCH3 is 1. The molecule has 3 aromatic rings. The lowest BCUT2D eigenvalue weighted by atomic mass is 9.92. The van der Waals surface area contributed by atoms with E-state index in [1.54, 1.807) is 17.2 Å². The Morgan fingerprint density at radius 3 is 2.97 bits per heavy atom. The number of nitrogens with zero attached hydrogens (tertiary/aromatic N) is 4. The molecule has 10 heteroatoms. The highest BCUT2D eigenvalue weighted by molar-refractivity contribution is 6.30. The summed E-state index contributed by atoms with van der Waals surface area (Å²) in [4.78, 5) is 25.8. The van der Waals surface area contributed by atoms with E-state index in [1.165, 1.54) is 13.2 Å². The molecule has 29 heavy (non-hydrogen) atoms. The van der Waals surface area contributed by atoms with Crippen LogP contribution >= 0.6 is 11.6 Å².